The monoisotopic (exact) mass is 331 g/mol. The molecule has 0 radical (unpaired) electrons. The number of halogens is 2. The van der Waals surface area contributed by atoms with Crippen molar-refractivity contribution in [3.05, 3.63) is 59.9 Å². The van der Waals surface area contributed by atoms with E-state index in [2.05, 4.69) is 15.6 Å². The number of hydrogen-bond donors (Lipinski definition) is 2. The molecule has 1 aromatic heterocycles. The Balaban J connectivity index is 1.67. The first-order valence-corrected chi connectivity index (χ1v) is 7.46. The fourth-order valence-corrected chi connectivity index (χ4v) is 2.38. The highest BCUT2D eigenvalue weighted by Gasteiger charge is 2.56. The zero-order chi connectivity index (χ0) is 17.2. The Morgan fingerprint density at radius 2 is 1.75 bits per heavy atom. The quantitative estimate of drug-likeness (QED) is 0.827. The van der Waals surface area contributed by atoms with Gasteiger partial charge < -0.3 is 10.6 Å². The minimum atomic E-state index is -1.27. The molecule has 0 atom stereocenters. The number of carbonyl (C=O) groups is 2. The molecule has 0 spiro atoms. The van der Waals surface area contributed by atoms with E-state index in [4.69, 9.17) is 0 Å². The summed E-state index contributed by atoms with van der Waals surface area (Å²) in [5.41, 5.74) is -1.16. The third-order valence-corrected chi connectivity index (χ3v) is 3.98. The molecule has 2 aromatic rings. The molecule has 1 saturated carbocycles. The standard InChI is InChI=1S/C17H15F2N3O2/c18-12-5-3-6-13(19)14(12)22-16(24)17(7-8-17)15(23)21-10-11-4-1-2-9-20-11/h1-6,9H,7-8,10H2,(H,21,23)(H,22,24). The third-order valence-electron chi connectivity index (χ3n) is 3.98. The van der Waals surface area contributed by atoms with E-state index < -0.39 is 34.6 Å². The summed E-state index contributed by atoms with van der Waals surface area (Å²) >= 11 is 0. The predicted molar refractivity (Wildman–Crippen MR) is 82.7 cm³/mol. The Morgan fingerprint density at radius 3 is 2.33 bits per heavy atom. The summed E-state index contributed by atoms with van der Waals surface area (Å²) in [6, 6.07) is 8.57. The average molecular weight is 331 g/mol. The second kappa shape index (κ2) is 6.35. The molecule has 1 heterocycles. The molecular weight excluding hydrogens is 316 g/mol. The van der Waals surface area contributed by atoms with Crippen LogP contribution >= 0.6 is 0 Å². The lowest BCUT2D eigenvalue weighted by molar-refractivity contribution is -0.134. The second-order valence-electron chi connectivity index (χ2n) is 5.64. The van der Waals surface area contributed by atoms with E-state index in [9.17, 15) is 18.4 Å². The number of anilines is 1. The van der Waals surface area contributed by atoms with Gasteiger partial charge in [0.25, 0.3) is 0 Å². The van der Waals surface area contributed by atoms with Crippen LogP contribution in [0.2, 0.25) is 0 Å². The summed E-state index contributed by atoms with van der Waals surface area (Å²) in [6.45, 7) is 0.183. The van der Waals surface area contributed by atoms with Crippen molar-refractivity contribution in [2.45, 2.75) is 19.4 Å². The molecule has 7 heteroatoms. The van der Waals surface area contributed by atoms with Gasteiger partial charge in [0, 0.05) is 6.20 Å². The van der Waals surface area contributed by atoms with Crippen LogP contribution in [-0.2, 0) is 16.1 Å². The molecule has 0 aliphatic heterocycles. The number of aromatic nitrogens is 1. The second-order valence-corrected chi connectivity index (χ2v) is 5.64. The topological polar surface area (TPSA) is 71.1 Å². The van der Waals surface area contributed by atoms with E-state index in [0.29, 0.717) is 18.5 Å². The van der Waals surface area contributed by atoms with E-state index >= 15 is 0 Å². The normalized spacial score (nSPS) is 14.8. The molecule has 1 aliphatic rings. The summed E-state index contributed by atoms with van der Waals surface area (Å²) in [7, 11) is 0. The van der Waals surface area contributed by atoms with Crippen molar-refractivity contribution in [1.29, 1.82) is 0 Å². The van der Waals surface area contributed by atoms with E-state index in [1.165, 1.54) is 6.07 Å². The lowest BCUT2D eigenvalue weighted by Gasteiger charge is -2.16. The van der Waals surface area contributed by atoms with Gasteiger partial charge in [-0.05, 0) is 37.1 Å². The summed E-state index contributed by atoms with van der Waals surface area (Å²) < 4.78 is 27.3. The molecule has 5 nitrogen and oxygen atoms in total. The fourth-order valence-electron chi connectivity index (χ4n) is 2.38. The Hall–Kier alpha value is -2.83. The van der Waals surface area contributed by atoms with Crippen molar-refractivity contribution in [2.75, 3.05) is 5.32 Å². The first-order chi connectivity index (χ1) is 11.5. The van der Waals surface area contributed by atoms with E-state index in [1.54, 1.807) is 24.4 Å². The molecule has 24 heavy (non-hydrogen) atoms. The number of carbonyl (C=O) groups excluding carboxylic acids is 2. The fraction of sp³-hybridized carbons (Fsp3) is 0.235. The molecule has 0 bridgehead atoms. The molecular formula is C17H15F2N3O2. The van der Waals surface area contributed by atoms with Crippen LogP contribution in [0.25, 0.3) is 0 Å². The number of nitrogens with zero attached hydrogens (tertiary/aromatic N) is 1. The maximum atomic E-state index is 13.6. The van der Waals surface area contributed by atoms with Gasteiger partial charge in [-0.3, -0.25) is 14.6 Å². The molecule has 2 amide bonds. The lowest BCUT2D eigenvalue weighted by Crippen LogP contribution is -2.40. The van der Waals surface area contributed by atoms with Gasteiger partial charge >= 0.3 is 0 Å². The smallest absolute Gasteiger partial charge is 0.240 e. The number of benzene rings is 1. The summed E-state index contributed by atoms with van der Waals surface area (Å²) in [5, 5.41) is 4.84. The van der Waals surface area contributed by atoms with Gasteiger partial charge in [-0.15, -0.1) is 0 Å². The van der Waals surface area contributed by atoms with Crippen molar-refractivity contribution in [1.82, 2.24) is 10.3 Å². The first kappa shape index (κ1) is 16.0. The molecule has 3 rings (SSSR count). The van der Waals surface area contributed by atoms with Crippen molar-refractivity contribution in [3.8, 4) is 0 Å². The average Bonchev–Trinajstić information content (AvgIpc) is 3.39. The minimum Gasteiger partial charge on any atom is -0.350 e. The number of nitrogens with one attached hydrogen (secondary N) is 2. The highest BCUT2D eigenvalue weighted by Crippen LogP contribution is 2.47. The van der Waals surface area contributed by atoms with Crippen LogP contribution in [0.3, 0.4) is 0 Å². The number of para-hydroxylation sites is 1. The Kier molecular flexibility index (Phi) is 4.24. The molecule has 124 valence electrons. The number of pyridine rings is 1. The van der Waals surface area contributed by atoms with Crippen LogP contribution in [0.5, 0.6) is 0 Å². The van der Waals surface area contributed by atoms with E-state index in [0.717, 1.165) is 12.1 Å². The largest absolute Gasteiger partial charge is 0.350 e. The van der Waals surface area contributed by atoms with Gasteiger partial charge in [-0.2, -0.15) is 0 Å². The van der Waals surface area contributed by atoms with Crippen LogP contribution in [0.4, 0.5) is 14.5 Å². The van der Waals surface area contributed by atoms with Crippen LogP contribution < -0.4 is 10.6 Å². The maximum absolute atomic E-state index is 13.6. The summed E-state index contributed by atoms with van der Waals surface area (Å²) in [6.07, 6.45) is 2.27. The first-order valence-electron chi connectivity index (χ1n) is 7.46. The van der Waals surface area contributed by atoms with Gasteiger partial charge in [0.05, 0.1) is 12.2 Å². The van der Waals surface area contributed by atoms with Crippen LogP contribution in [0.1, 0.15) is 18.5 Å². The van der Waals surface area contributed by atoms with Crippen molar-refractivity contribution >= 4 is 17.5 Å². The van der Waals surface area contributed by atoms with Crippen LogP contribution in [0, 0.1) is 17.0 Å². The third kappa shape index (κ3) is 3.10. The maximum Gasteiger partial charge on any atom is 0.240 e. The zero-order valence-corrected chi connectivity index (χ0v) is 12.7. The predicted octanol–water partition coefficient (Wildman–Crippen LogP) is 2.39. The molecule has 1 fully saturated rings. The zero-order valence-electron chi connectivity index (χ0n) is 12.7. The minimum absolute atomic E-state index is 0.183. The molecule has 1 aromatic carbocycles. The SMILES string of the molecule is O=C(NCc1ccccn1)C1(C(=O)Nc2c(F)cccc2F)CC1. The van der Waals surface area contributed by atoms with Gasteiger partial charge in [0.2, 0.25) is 11.8 Å². The lowest BCUT2D eigenvalue weighted by atomic mass is 10.0. The van der Waals surface area contributed by atoms with Gasteiger partial charge in [0.15, 0.2) is 0 Å². The summed E-state index contributed by atoms with van der Waals surface area (Å²) in [5.74, 6) is -2.94. The molecule has 1 aliphatic carbocycles. The number of amides is 2. The van der Waals surface area contributed by atoms with Gasteiger partial charge in [-0.1, -0.05) is 12.1 Å². The van der Waals surface area contributed by atoms with Crippen LogP contribution in [-0.4, -0.2) is 16.8 Å². The molecule has 2 N–H and O–H groups in total. The number of rotatable bonds is 5. The highest BCUT2D eigenvalue weighted by molar-refractivity contribution is 6.13. The number of hydrogen-bond acceptors (Lipinski definition) is 3. The van der Waals surface area contributed by atoms with Gasteiger partial charge in [0.1, 0.15) is 22.7 Å². The van der Waals surface area contributed by atoms with Crippen molar-refractivity contribution < 1.29 is 18.4 Å². The Morgan fingerprint density at radius 1 is 1.04 bits per heavy atom. The van der Waals surface area contributed by atoms with Crippen molar-refractivity contribution in [3.63, 3.8) is 0 Å². The van der Waals surface area contributed by atoms with Gasteiger partial charge in [-0.25, -0.2) is 8.78 Å². The van der Waals surface area contributed by atoms with Crippen LogP contribution in [0.15, 0.2) is 42.6 Å². The highest BCUT2D eigenvalue weighted by atomic mass is 19.1. The van der Waals surface area contributed by atoms with E-state index in [-0.39, 0.29) is 6.54 Å². The van der Waals surface area contributed by atoms with Crippen molar-refractivity contribution in [2.24, 2.45) is 5.41 Å². The molecule has 0 unspecified atom stereocenters. The van der Waals surface area contributed by atoms with E-state index in [1.807, 2.05) is 0 Å². The Labute approximate surface area is 137 Å². The Bertz CT molecular complexity index is 756. The summed E-state index contributed by atoms with van der Waals surface area (Å²) in [4.78, 5) is 28.7. The molecule has 0 saturated heterocycles.